The van der Waals surface area contributed by atoms with Crippen molar-refractivity contribution in [1.29, 1.82) is 0 Å². The Morgan fingerprint density at radius 3 is 2.47 bits per heavy atom. The molecule has 176 valence electrons. The number of piperidine rings is 1. The number of sulfonamides is 1. The van der Waals surface area contributed by atoms with Crippen molar-refractivity contribution >= 4 is 33.2 Å². The fourth-order valence-corrected chi connectivity index (χ4v) is 6.14. The van der Waals surface area contributed by atoms with Crippen molar-refractivity contribution in [3.63, 3.8) is 0 Å². The third kappa shape index (κ3) is 4.23. The minimum Gasteiger partial charge on any atom is -0.489 e. The van der Waals surface area contributed by atoms with E-state index >= 15 is 0 Å². The number of carbonyl (C=O) groups is 1. The Balaban J connectivity index is 1.58. The quantitative estimate of drug-likeness (QED) is 0.522. The molecule has 2 aliphatic heterocycles. The maximum absolute atomic E-state index is 13.8. The van der Waals surface area contributed by atoms with Gasteiger partial charge >= 0.3 is 0 Å². The second-order valence-electron chi connectivity index (χ2n) is 8.38. The number of benzene rings is 2. The summed E-state index contributed by atoms with van der Waals surface area (Å²) in [6.45, 7) is 1.55. The number of hydrogen-bond acceptors (Lipinski definition) is 5. The monoisotopic (exact) mass is 497 g/mol. The normalized spacial score (nSPS) is 18.2. The van der Waals surface area contributed by atoms with E-state index in [2.05, 4.69) is 4.98 Å². The molecule has 7 nitrogen and oxygen atoms in total. The maximum Gasteiger partial charge on any atom is 0.282 e. The van der Waals surface area contributed by atoms with Crippen molar-refractivity contribution in [2.24, 2.45) is 0 Å². The zero-order chi connectivity index (χ0) is 23.7. The van der Waals surface area contributed by atoms with E-state index in [0.29, 0.717) is 22.0 Å². The van der Waals surface area contributed by atoms with E-state index in [-0.39, 0.29) is 17.5 Å². The molecule has 0 aliphatic carbocycles. The number of hydrogen-bond donors (Lipinski definition) is 0. The van der Waals surface area contributed by atoms with Gasteiger partial charge in [-0.05, 0) is 67.3 Å². The first-order chi connectivity index (χ1) is 16.4. The minimum absolute atomic E-state index is 0.0599. The van der Waals surface area contributed by atoms with Crippen LogP contribution in [0.2, 0.25) is 5.02 Å². The summed E-state index contributed by atoms with van der Waals surface area (Å²) < 4.78 is 34.9. The number of halogens is 1. The molecule has 1 atom stereocenters. The van der Waals surface area contributed by atoms with Crippen molar-refractivity contribution in [3.8, 4) is 5.75 Å². The van der Waals surface area contributed by atoms with Gasteiger partial charge in [0.2, 0.25) is 0 Å². The Hall–Kier alpha value is -3.10. The summed E-state index contributed by atoms with van der Waals surface area (Å²) in [5.74, 6) is 0.289. The molecule has 5 rings (SSSR count). The Kier molecular flexibility index (Phi) is 6.18. The fourth-order valence-electron chi connectivity index (χ4n) is 4.44. The standard InChI is InChI=1S/C25H24ClN3O4S/c26-20-10-7-18(8-11-20)22-17-33-23-16-19(25(30)28-14-4-1-5-15-28)9-12-21(23)29(22)34(31,32)24-6-2-3-13-27-24/h2-3,6-13,16,22H,1,4-5,14-15,17H2. The van der Waals surface area contributed by atoms with Gasteiger partial charge in [0.05, 0.1) is 5.69 Å². The summed E-state index contributed by atoms with van der Waals surface area (Å²) in [4.78, 5) is 19.0. The van der Waals surface area contributed by atoms with E-state index in [4.69, 9.17) is 16.3 Å². The number of amides is 1. The first kappa shape index (κ1) is 22.7. The Bertz CT molecular complexity index is 1290. The largest absolute Gasteiger partial charge is 0.489 e. The number of aromatic nitrogens is 1. The highest BCUT2D eigenvalue weighted by Crippen LogP contribution is 2.43. The minimum atomic E-state index is -4.02. The number of likely N-dealkylation sites (tertiary alicyclic amines) is 1. The topological polar surface area (TPSA) is 79.8 Å². The summed E-state index contributed by atoms with van der Waals surface area (Å²) in [7, 11) is -4.02. The van der Waals surface area contributed by atoms with Crippen LogP contribution in [0.25, 0.3) is 0 Å². The zero-order valence-electron chi connectivity index (χ0n) is 18.4. The van der Waals surface area contributed by atoms with Crippen LogP contribution in [-0.2, 0) is 10.0 Å². The lowest BCUT2D eigenvalue weighted by atomic mass is 10.0. The van der Waals surface area contributed by atoms with Crippen LogP contribution in [0.5, 0.6) is 5.75 Å². The number of fused-ring (bicyclic) bond motifs is 1. The molecule has 1 saturated heterocycles. The van der Waals surface area contributed by atoms with Crippen LogP contribution in [0.1, 0.15) is 41.2 Å². The van der Waals surface area contributed by atoms with Gasteiger partial charge in [-0.2, -0.15) is 8.42 Å². The molecular formula is C25H24ClN3O4S. The van der Waals surface area contributed by atoms with Gasteiger partial charge in [-0.25, -0.2) is 4.98 Å². The van der Waals surface area contributed by atoms with Crippen molar-refractivity contribution in [1.82, 2.24) is 9.88 Å². The van der Waals surface area contributed by atoms with Crippen LogP contribution in [0.15, 0.2) is 71.9 Å². The van der Waals surface area contributed by atoms with Gasteiger partial charge in [-0.3, -0.25) is 9.10 Å². The Labute approximate surface area is 204 Å². The summed E-state index contributed by atoms with van der Waals surface area (Å²) >= 11 is 6.06. The van der Waals surface area contributed by atoms with Gasteiger partial charge in [-0.15, -0.1) is 0 Å². The molecule has 0 N–H and O–H groups in total. The molecule has 2 aromatic carbocycles. The highest BCUT2D eigenvalue weighted by molar-refractivity contribution is 7.92. The third-order valence-corrected chi connectivity index (χ3v) is 8.17. The van der Waals surface area contributed by atoms with E-state index in [1.54, 1.807) is 54.6 Å². The Morgan fingerprint density at radius 1 is 1.00 bits per heavy atom. The molecule has 0 saturated carbocycles. The van der Waals surface area contributed by atoms with Crippen LogP contribution in [0.4, 0.5) is 5.69 Å². The number of rotatable bonds is 4. The number of pyridine rings is 1. The SMILES string of the molecule is O=C(c1ccc2c(c1)OCC(c1ccc(Cl)cc1)N2S(=O)(=O)c1ccccn1)N1CCCCC1. The van der Waals surface area contributed by atoms with Gasteiger partial charge in [0.15, 0.2) is 5.03 Å². The van der Waals surface area contributed by atoms with E-state index in [0.717, 1.165) is 37.9 Å². The molecule has 2 aliphatic rings. The lowest BCUT2D eigenvalue weighted by molar-refractivity contribution is 0.0724. The molecule has 3 aromatic rings. The summed E-state index contributed by atoms with van der Waals surface area (Å²) in [6.07, 6.45) is 4.56. The van der Waals surface area contributed by atoms with E-state index in [1.807, 2.05) is 4.90 Å². The molecule has 0 spiro atoms. The summed E-state index contributed by atoms with van der Waals surface area (Å²) in [5.41, 5.74) is 1.59. The number of nitrogens with zero attached hydrogens (tertiary/aromatic N) is 3. The molecule has 34 heavy (non-hydrogen) atoms. The van der Waals surface area contributed by atoms with Crippen molar-refractivity contribution in [3.05, 3.63) is 83.0 Å². The predicted molar refractivity (Wildman–Crippen MR) is 130 cm³/mol. The molecule has 9 heteroatoms. The molecule has 1 unspecified atom stereocenters. The van der Waals surface area contributed by atoms with Gasteiger partial charge < -0.3 is 9.64 Å². The smallest absolute Gasteiger partial charge is 0.282 e. The zero-order valence-corrected chi connectivity index (χ0v) is 20.0. The lowest BCUT2D eigenvalue weighted by Crippen LogP contribution is -2.41. The highest BCUT2D eigenvalue weighted by atomic mass is 35.5. The summed E-state index contributed by atoms with van der Waals surface area (Å²) in [5, 5.41) is 0.496. The van der Waals surface area contributed by atoms with E-state index in [1.165, 1.54) is 16.6 Å². The second-order valence-corrected chi connectivity index (χ2v) is 10.6. The number of ether oxygens (including phenoxy) is 1. The molecule has 3 heterocycles. The molecule has 0 bridgehead atoms. The van der Waals surface area contributed by atoms with Gasteiger partial charge in [0.1, 0.15) is 18.4 Å². The van der Waals surface area contributed by atoms with Crippen LogP contribution in [-0.4, -0.2) is 43.9 Å². The molecule has 0 radical (unpaired) electrons. The first-order valence-corrected chi connectivity index (χ1v) is 13.0. The van der Waals surface area contributed by atoms with E-state index in [9.17, 15) is 13.2 Å². The lowest BCUT2D eigenvalue weighted by Gasteiger charge is -2.37. The average Bonchev–Trinajstić information content (AvgIpc) is 2.88. The van der Waals surface area contributed by atoms with Crippen LogP contribution in [0.3, 0.4) is 0 Å². The third-order valence-electron chi connectivity index (χ3n) is 6.18. The van der Waals surface area contributed by atoms with Gasteiger partial charge in [0, 0.05) is 29.9 Å². The Morgan fingerprint density at radius 2 is 1.76 bits per heavy atom. The van der Waals surface area contributed by atoms with Crippen LogP contribution in [0, 0.1) is 0 Å². The maximum atomic E-state index is 13.8. The van der Waals surface area contributed by atoms with Gasteiger partial charge in [0.25, 0.3) is 15.9 Å². The van der Waals surface area contributed by atoms with Crippen molar-refractivity contribution < 1.29 is 17.9 Å². The van der Waals surface area contributed by atoms with Crippen molar-refractivity contribution in [2.45, 2.75) is 30.3 Å². The second kappa shape index (κ2) is 9.27. The average molecular weight is 498 g/mol. The predicted octanol–water partition coefficient (Wildman–Crippen LogP) is 4.69. The first-order valence-electron chi connectivity index (χ1n) is 11.2. The van der Waals surface area contributed by atoms with Crippen LogP contribution < -0.4 is 9.04 Å². The molecule has 1 amide bonds. The van der Waals surface area contributed by atoms with Crippen molar-refractivity contribution in [2.75, 3.05) is 24.0 Å². The highest BCUT2D eigenvalue weighted by Gasteiger charge is 2.39. The molecular weight excluding hydrogens is 474 g/mol. The molecule has 1 aromatic heterocycles. The van der Waals surface area contributed by atoms with E-state index < -0.39 is 16.1 Å². The molecule has 1 fully saturated rings. The number of anilines is 1. The number of carbonyl (C=O) groups excluding carboxylic acids is 1. The fraction of sp³-hybridized carbons (Fsp3) is 0.280. The van der Waals surface area contributed by atoms with Crippen LogP contribution >= 0.6 is 11.6 Å². The van der Waals surface area contributed by atoms with Gasteiger partial charge in [-0.1, -0.05) is 29.8 Å². The summed E-state index contributed by atoms with van der Waals surface area (Å²) in [6, 6.07) is 16.1.